The lowest BCUT2D eigenvalue weighted by Gasteiger charge is -2.13. The van der Waals surface area contributed by atoms with Gasteiger partial charge in [0.25, 0.3) is 0 Å². The molecule has 1 heterocycles. The summed E-state index contributed by atoms with van der Waals surface area (Å²) in [6.45, 7) is 6.04. The SMILES string of the molecule is CCNCc1ccc(OC2CCCC2)nc1C. The predicted octanol–water partition coefficient (Wildman–Crippen LogP) is 2.82. The van der Waals surface area contributed by atoms with E-state index in [4.69, 9.17) is 4.74 Å². The summed E-state index contributed by atoms with van der Waals surface area (Å²) < 4.78 is 5.88. The Morgan fingerprint density at radius 3 is 2.76 bits per heavy atom. The van der Waals surface area contributed by atoms with E-state index in [1.807, 2.05) is 13.0 Å². The molecule has 3 nitrogen and oxygen atoms in total. The van der Waals surface area contributed by atoms with Gasteiger partial charge in [0.2, 0.25) is 5.88 Å². The molecule has 1 aromatic rings. The molecule has 0 spiro atoms. The highest BCUT2D eigenvalue weighted by Crippen LogP contribution is 2.23. The second-order valence-corrected chi connectivity index (χ2v) is 4.70. The van der Waals surface area contributed by atoms with Crippen LogP contribution < -0.4 is 10.1 Å². The van der Waals surface area contributed by atoms with Crippen LogP contribution in [0.2, 0.25) is 0 Å². The summed E-state index contributed by atoms with van der Waals surface area (Å²) in [4.78, 5) is 4.53. The normalized spacial score (nSPS) is 16.4. The number of hydrogen-bond donors (Lipinski definition) is 1. The maximum absolute atomic E-state index is 5.88. The highest BCUT2D eigenvalue weighted by atomic mass is 16.5. The van der Waals surface area contributed by atoms with Crippen LogP contribution in [-0.2, 0) is 6.54 Å². The van der Waals surface area contributed by atoms with Gasteiger partial charge in [0.1, 0.15) is 6.10 Å². The van der Waals surface area contributed by atoms with Crippen molar-refractivity contribution in [2.75, 3.05) is 6.54 Å². The second kappa shape index (κ2) is 6.01. The molecule has 17 heavy (non-hydrogen) atoms. The minimum absolute atomic E-state index is 0.390. The van der Waals surface area contributed by atoms with E-state index in [0.29, 0.717) is 6.10 Å². The highest BCUT2D eigenvalue weighted by Gasteiger charge is 2.17. The van der Waals surface area contributed by atoms with Gasteiger partial charge in [0.05, 0.1) is 0 Å². The molecule has 1 aliphatic rings. The molecule has 0 radical (unpaired) electrons. The maximum Gasteiger partial charge on any atom is 0.213 e. The van der Waals surface area contributed by atoms with E-state index in [-0.39, 0.29) is 0 Å². The lowest BCUT2D eigenvalue weighted by Crippen LogP contribution is -2.15. The molecule has 1 saturated carbocycles. The summed E-state index contributed by atoms with van der Waals surface area (Å²) in [5.74, 6) is 0.787. The standard InChI is InChI=1S/C14H22N2O/c1-3-15-10-12-8-9-14(16-11(12)2)17-13-6-4-5-7-13/h8-9,13,15H,3-7,10H2,1-2H3. The monoisotopic (exact) mass is 234 g/mol. The molecule has 3 heteroatoms. The van der Waals surface area contributed by atoms with Gasteiger partial charge in [-0.05, 0) is 44.7 Å². The summed E-state index contributed by atoms with van der Waals surface area (Å²) in [6.07, 6.45) is 5.34. The van der Waals surface area contributed by atoms with Crippen molar-refractivity contribution >= 4 is 0 Å². The first-order valence-corrected chi connectivity index (χ1v) is 6.63. The third kappa shape index (κ3) is 3.43. The first kappa shape index (κ1) is 12.4. The van der Waals surface area contributed by atoms with Crippen molar-refractivity contribution in [2.45, 2.75) is 52.2 Å². The number of rotatable bonds is 5. The van der Waals surface area contributed by atoms with Gasteiger partial charge in [-0.3, -0.25) is 0 Å². The smallest absolute Gasteiger partial charge is 0.213 e. The summed E-state index contributed by atoms with van der Waals surface area (Å²) in [6, 6.07) is 4.12. The number of nitrogens with one attached hydrogen (secondary N) is 1. The van der Waals surface area contributed by atoms with Crippen LogP contribution in [0.5, 0.6) is 5.88 Å². The Bertz CT molecular complexity index is 359. The van der Waals surface area contributed by atoms with Crippen molar-refractivity contribution in [3.8, 4) is 5.88 Å². The van der Waals surface area contributed by atoms with Crippen LogP contribution in [0.3, 0.4) is 0 Å². The summed E-state index contributed by atoms with van der Waals surface area (Å²) in [5.41, 5.74) is 2.33. The van der Waals surface area contributed by atoms with Crippen molar-refractivity contribution in [1.29, 1.82) is 0 Å². The van der Waals surface area contributed by atoms with Crippen molar-refractivity contribution in [3.63, 3.8) is 0 Å². The zero-order chi connectivity index (χ0) is 12.1. The average molecular weight is 234 g/mol. The maximum atomic E-state index is 5.88. The molecule has 0 bridgehead atoms. The van der Waals surface area contributed by atoms with Crippen molar-refractivity contribution in [2.24, 2.45) is 0 Å². The van der Waals surface area contributed by atoms with Crippen molar-refractivity contribution in [3.05, 3.63) is 23.4 Å². The van der Waals surface area contributed by atoms with E-state index in [1.165, 1.54) is 31.2 Å². The third-order valence-corrected chi connectivity index (χ3v) is 3.32. The van der Waals surface area contributed by atoms with E-state index in [0.717, 1.165) is 24.7 Å². The van der Waals surface area contributed by atoms with E-state index >= 15 is 0 Å². The molecule has 1 aliphatic carbocycles. The van der Waals surface area contributed by atoms with Crippen LogP contribution in [0.4, 0.5) is 0 Å². The van der Waals surface area contributed by atoms with Gasteiger partial charge >= 0.3 is 0 Å². The van der Waals surface area contributed by atoms with Gasteiger partial charge in [-0.15, -0.1) is 0 Å². The quantitative estimate of drug-likeness (QED) is 0.850. The van der Waals surface area contributed by atoms with Gasteiger partial charge in [0.15, 0.2) is 0 Å². The molecule has 94 valence electrons. The predicted molar refractivity (Wildman–Crippen MR) is 69.2 cm³/mol. The van der Waals surface area contributed by atoms with Crippen LogP contribution in [0.15, 0.2) is 12.1 Å². The molecule has 0 saturated heterocycles. The fourth-order valence-corrected chi connectivity index (χ4v) is 2.26. The van der Waals surface area contributed by atoms with Crippen molar-refractivity contribution in [1.82, 2.24) is 10.3 Å². The molecule has 0 unspecified atom stereocenters. The minimum atomic E-state index is 0.390. The Morgan fingerprint density at radius 1 is 1.35 bits per heavy atom. The minimum Gasteiger partial charge on any atom is -0.474 e. The Labute approximate surface area is 104 Å². The fourth-order valence-electron chi connectivity index (χ4n) is 2.26. The molecule has 0 amide bonds. The first-order valence-electron chi connectivity index (χ1n) is 6.63. The molecular weight excluding hydrogens is 212 g/mol. The second-order valence-electron chi connectivity index (χ2n) is 4.70. The average Bonchev–Trinajstić information content (AvgIpc) is 2.81. The van der Waals surface area contributed by atoms with E-state index in [1.54, 1.807) is 0 Å². The third-order valence-electron chi connectivity index (χ3n) is 3.32. The number of hydrogen-bond acceptors (Lipinski definition) is 3. The number of aromatic nitrogens is 1. The Morgan fingerprint density at radius 2 is 2.12 bits per heavy atom. The molecule has 1 N–H and O–H groups in total. The Balaban J connectivity index is 1.97. The van der Waals surface area contributed by atoms with Crippen LogP contribution in [0.25, 0.3) is 0 Å². The summed E-state index contributed by atoms with van der Waals surface area (Å²) >= 11 is 0. The number of pyridine rings is 1. The molecule has 0 aliphatic heterocycles. The number of aryl methyl sites for hydroxylation is 1. The largest absolute Gasteiger partial charge is 0.474 e. The van der Waals surface area contributed by atoms with Gasteiger partial charge < -0.3 is 10.1 Å². The highest BCUT2D eigenvalue weighted by molar-refractivity contribution is 5.25. The zero-order valence-electron chi connectivity index (χ0n) is 10.8. The van der Waals surface area contributed by atoms with Gasteiger partial charge in [-0.1, -0.05) is 13.0 Å². The summed E-state index contributed by atoms with van der Waals surface area (Å²) in [7, 11) is 0. The molecule has 2 rings (SSSR count). The molecule has 1 aromatic heterocycles. The molecular formula is C14H22N2O. The first-order chi connectivity index (χ1) is 8.29. The van der Waals surface area contributed by atoms with Crippen LogP contribution in [0, 0.1) is 6.92 Å². The Kier molecular flexibility index (Phi) is 4.37. The summed E-state index contributed by atoms with van der Waals surface area (Å²) in [5, 5.41) is 3.32. The fraction of sp³-hybridized carbons (Fsp3) is 0.643. The van der Waals surface area contributed by atoms with E-state index < -0.39 is 0 Å². The van der Waals surface area contributed by atoms with Gasteiger partial charge in [0, 0.05) is 18.3 Å². The lowest BCUT2D eigenvalue weighted by atomic mass is 10.2. The topological polar surface area (TPSA) is 34.1 Å². The molecule has 0 atom stereocenters. The number of nitrogens with zero attached hydrogens (tertiary/aromatic N) is 1. The van der Waals surface area contributed by atoms with Crippen LogP contribution in [0.1, 0.15) is 43.9 Å². The number of ether oxygens (including phenoxy) is 1. The van der Waals surface area contributed by atoms with Crippen LogP contribution >= 0.6 is 0 Å². The Hall–Kier alpha value is -1.09. The van der Waals surface area contributed by atoms with E-state index in [2.05, 4.69) is 23.3 Å². The zero-order valence-corrected chi connectivity index (χ0v) is 10.8. The van der Waals surface area contributed by atoms with Crippen LogP contribution in [-0.4, -0.2) is 17.6 Å². The molecule has 1 fully saturated rings. The van der Waals surface area contributed by atoms with Crippen molar-refractivity contribution < 1.29 is 4.74 Å². The lowest BCUT2D eigenvalue weighted by molar-refractivity contribution is 0.201. The van der Waals surface area contributed by atoms with Gasteiger partial charge in [-0.2, -0.15) is 0 Å². The van der Waals surface area contributed by atoms with E-state index in [9.17, 15) is 0 Å². The molecule has 0 aromatic carbocycles. The van der Waals surface area contributed by atoms with Gasteiger partial charge in [-0.25, -0.2) is 4.98 Å².